The molecular weight excluding hydrogens is 202 g/mol. The van der Waals surface area contributed by atoms with E-state index in [2.05, 4.69) is 18.2 Å². The van der Waals surface area contributed by atoms with Gasteiger partial charge in [0.2, 0.25) is 6.23 Å². The number of ether oxygens (including phenoxy) is 1. The van der Waals surface area contributed by atoms with E-state index in [0.29, 0.717) is 10.1 Å². The molecule has 3 nitrogen and oxygen atoms in total. The fraction of sp³-hybridized carbons (Fsp3) is 0.700. The zero-order valence-corrected chi connectivity index (χ0v) is 10.7. The summed E-state index contributed by atoms with van der Waals surface area (Å²) in [5.41, 5.74) is 0.440. The molecule has 0 fully saturated rings. The van der Waals surface area contributed by atoms with E-state index in [1.807, 2.05) is 28.1 Å². The second-order valence-electron chi connectivity index (χ2n) is 3.90. The first-order valence-corrected chi connectivity index (χ1v) is 5.06. The van der Waals surface area contributed by atoms with Crippen LogP contribution in [0.15, 0.2) is 12.2 Å². The van der Waals surface area contributed by atoms with Crippen LogP contribution in [-0.4, -0.2) is 44.2 Å². The van der Waals surface area contributed by atoms with Gasteiger partial charge in [-0.15, -0.1) is 11.6 Å². The molecule has 0 saturated heterocycles. The van der Waals surface area contributed by atoms with Crippen molar-refractivity contribution in [1.29, 1.82) is 0 Å². The van der Waals surface area contributed by atoms with E-state index in [9.17, 15) is 4.79 Å². The number of hydrogen-bond donors (Lipinski definition) is 0. The number of rotatable bonds is 3. The molecule has 1 unspecified atom stereocenters. The molecule has 14 heavy (non-hydrogen) atoms. The number of quaternary nitrogens is 1. The first-order chi connectivity index (χ1) is 6.25. The minimum Gasteiger partial charge on any atom is -0.409 e. The molecule has 84 valence electrons. The summed E-state index contributed by atoms with van der Waals surface area (Å²) in [4.78, 5) is 11.1. The van der Waals surface area contributed by atoms with Crippen LogP contribution in [0.25, 0.3) is 0 Å². The molecule has 1 atom stereocenters. The zero-order valence-electron chi connectivity index (χ0n) is 9.93. The number of nitrogens with zero attached hydrogens (tertiary/aromatic N) is 1. The normalized spacial score (nSPS) is 12.2. The predicted octanol–water partition coefficient (Wildman–Crippen LogP) is 2.01. The number of hydrogen-bond acceptors (Lipinski definition) is 2. The second-order valence-corrected chi connectivity index (χ2v) is 3.90. The molecular formula is C10H21ClNO2+. The van der Waals surface area contributed by atoms with Crippen molar-refractivity contribution in [2.24, 2.45) is 0 Å². The third-order valence-electron chi connectivity index (χ3n) is 1.72. The summed E-state index contributed by atoms with van der Waals surface area (Å²) in [6.07, 6.45) is 1.33. The topological polar surface area (TPSA) is 26.3 Å². The van der Waals surface area contributed by atoms with Crippen LogP contribution < -0.4 is 0 Å². The van der Waals surface area contributed by atoms with Crippen LogP contribution in [0, 0.1) is 0 Å². The lowest BCUT2D eigenvalue weighted by atomic mass is 10.3. The van der Waals surface area contributed by atoms with Gasteiger partial charge in [0.05, 0.1) is 21.1 Å². The molecule has 0 bridgehead atoms. The molecule has 0 amide bonds. The first-order valence-electron chi connectivity index (χ1n) is 4.30. The largest absolute Gasteiger partial charge is 0.409 e. The molecule has 0 aromatic carbocycles. The van der Waals surface area contributed by atoms with E-state index in [4.69, 9.17) is 4.74 Å². The van der Waals surface area contributed by atoms with Crippen molar-refractivity contribution in [3.63, 3.8) is 0 Å². The molecule has 0 aromatic rings. The van der Waals surface area contributed by atoms with Crippen LogP contribution in [0.3, 0.4) is 0 Å². The van der Waals surface area contributed by atoms with Crippen LogP contribution in [0.5, 0.6) is 0 Å². The number of alkyl halides is 1. The van der Waals surface area contributed by atoms with Gasteiger partial charge in [-0.25, -0.2) is 4.79 Å². The van der Waals surface area contributed by atoms with Crippen molar-refractivity contribution in [3.05, 3.63) is 12.2 Å². The smallest absolute Gasteiger partial charge is 0.337 e. The molecule has 0 saturated carbocycles. The number of carbonyl (C=O) groups is 1. The number of halogens is 1. The summed E-state index contributed by atoms with van der Waals surface area (Å²) in [6.45, 7) is 7.01. The second kappa shape index (κ2) is 6.85. The Labute approximate surface area is 91.9 Å². The summed E-state index contributed by atoms with van der Waals surface area (Å²) >= 11 is 4.64. The van der Waals surface area contributed by atoms with Crippen LogP contribution >= 0.6 is 11.6 Å². The van der Waals surface area contributed by atoms with Gasteiger partial charge in [-0.05, 0) is 6.92 Å². The molecule has 0 aliphatic carbocycles. The molecule has 0 rings (SSSR count). The van der Waals surface area contributed by atoms with E-state index in [-0.39, 0.29) is 12.2 Å². The third-order valence-corrected chi connectivity index (χ3v) is 1.72. The maximum atomic E-state index is 11.1. The molecule has 0 N–H and O–H groups in total. The predicted molar refractivity (Wildman–Crippen MR) is 60.2 cm³/mol. The van der Waals surface area contributed by atoms with Gasteiger partial charge in [0.25, 0.3) is 0 Å². The summed E-state index contributed by atoms with van der Waals surface area (Å²) in [5, 5.41) is 0. The highest BCUT2D eigenvalue weighted by molar-refractivity contribution is 6.15. The van der Waals surface area contributed by atoms with Gasteiger partial charge in [-0.2, -0.15) is 0 Å². The maximum absolute atomic E-state index is 11.1. The van der Waals surface area contributed by atoms with Crippen molar-refractivity contribution in [2.45, 2.75) is 20.1 Å². The molecule has 0 aliphatic heterocycles. The highest BCUT2D eigenvalue weighted by atomic mass is 35.5. The van der Waals surface area contributed by atoms with Crippen LogP contribution in [0.4, 0.5) is 0 Å². The zero-order chi connectivity index (χ0) is 11.9. The van der Waals surface area contributed by atoms with Crippen molar-refractivity contribution in [1.82, 2.24) is 0 Å². The van der Waals surface area contributed by atoms with Gasteiger partial charge in [0, 0.05) is 18.9 Å². The van der Waals surface area contributed by atoms with E-state index >= 15 is 0 Å². The summed E-state index contributed by atoms with van der Waals surface area (Å²) in [7, 11) is 5.91. The molecule has 0 aromatic heterocycles. The Morgan fingerprint density at radius 1 is 1.36 bits per heavy atom. The van der Waals surface area contributed by atoms with E-state index in [0.717, 1.165) is 0 Å². The van der Waals surface area contributed by atoms with Crippen LogP contribution in [-0.2, 0) is 9.53 Å². The van der Waals surface area contributed by atoms with Crippen LogP contribution in [0.2, 0.25) is 0 Å². The standard InChI is InChI=1S/C9H18NO2.CH3Cl/c1-7(2)9(11)12-8(3)10(4,5)6;1-2/h8H,1H2,2-6H3;1H3/q+1;. The van der Waals surface area contributed by atoms with Crippen molar-refractivity contribution in [3.8, 4) is 0 Å². The average molecular weight is 223 g/mol. The molecule has 4 heteroatoms. The first kappa shape index (κ1) is 15.9. The summed E-state index contributed by atoms with van der Waals surface area (Å²) in [6, 6.07) is 0. The van der Waals surface area contributed by atoms with Gasteiger partial charge in [-0.1, -0.05) is 6.58 Å². The Kier molecular flexibility index (Phi) is 7.78. The van der Waals surface area contributed by atoms with E-state index in [1.54, 1.807) is 6.92 Å². The Morgan fingerprint density at radius 3 is 1.93 bits per heavy atom. The fourth-order valence-corrected chi connectivity index (χ4v) is 0.414. The van der Waals surface area contributed by atoms with Crippen LogP contribution in [0.1, 0.15) is 13.8 Å². The van der Waals surface area contributed by atoms with E-state index in [1.165, 1.54) is 6.38 Å². The average Bonchev–Trinajstić information content (AvgIpc) is 2.06. The molecule has 0 spiro atoms. The number of esters is 1. The Bertz CT molecular complexity index is 197. The van der Waals surface area contributed by atoms with Crippen molar-refractivity contribution in [2.75, 3.05) is 27.5 Å². The lowest BCUT2D eigenvalue weighted by Crippen LogP contribution is -2.45. The van der Waals surface area contributed by atoms with Gasteiger partial charge in [0.1, 0.15) is 0 Å². The lowest BCUT2D eigenvalue weighted by Gasteiger charge is -2.30. The maximum Gasteiger partial charge on any atom is 0.337 e. The van der Waals surface area contributed by atoms with Crippen molar-refractivity contribution >= 4 is 17.6 Å². The number of carbonyl (C=O) groups excluding carboxylic acids is 1. The SMILES string of the molecule is C=C(C)C(=O)OC(C)[N+](C)(C)C.CCl. The lowest BCUT2D eigenvalue weighted by molar-refractivity contribution is -0.914. The van der Waals surface area contributed by atoms with Gasteiger partial charge in [0.15, 0.2) is 0 Å². The minimum atomic E-state index is -0.324. The van der Waals surface area contributed by atoms with Gasteiger partial charge < -0.3 is 4.74 Å². The Hall–Kier alpha value is -0.540. The van der Waals surface area contributed by atoms with Crippen molar-refractivity contribution < 1.29 is 14.0 Å². The third kappa shape index (κ3) is 6.92. The molecule has 0 radical (unpaired) electrons. The Balaban J connectivity index is 0. The monoisotopic (exact) mass is 222 g/mol. The summed E-state index contributed by atoms with van der Waals surface area (Å²) in [5.74, 6) is -0.324. The fourth-order valence-electron chi connectivity index (χ4n) is 0.414. The minimum absolute atomic E-state index is 0.144. The highest BCUT2D eigenvalue weighted by Gasteiger charge is 2.22. The quantitative estimate of drug-likeness (QED) is 0.240. The molecule has 0 heterocycles. The molecule has 0 aliphatic rings. The highest BCUT2D eigenvalue weighted by Crippen LogP contribution is 2.06. The van der Waals surface area contributed by atoms with Gasteiger partial charge in [-0.3, -0.25) is 4.48 Å². The summed E-state index contributed by atoms with van der Waals surface area (Å²) < 4.78 is 5.71. The Morgan fingerprint density at radius 2 is 1.71 bits per heavy atom. The van der Waals surface area contributed by atoms with Gasteiger partial charge >= 0.3 is 5.97 Å². The van der Waals surface area contributed by atoms with E-state index < -0.39 is 0 Å².